The number of aryl methyl sites for hydroxylation is 1. The first-order valence-corrected chi connectivity index (χ1v) is 6.38. The fraction of sp³-hybridized carbons (Fsp3) is 0.429. The van der Waals surface area contributed by atoms with Crippen LogP contribution in [0.15, 0.2) is 30.6 Å². The van der Waals surface area contributed by atoms with E-state index in [1.807, 2.05) is 18.2 Å². The lowest BCUT2D eigenvalue weighted by atomic mass is 10.2. The first-order valence-electron chi connectivity index (χ1n) is 6.38. The smallest absolute Gasteiger partial charge is 0.0890 e. The second-order valence-electron chi connectivity index (χ2n) is 4.86. The van der Waals surface area contributed by atoms with Crippen molar-refractivity contribution in [2.24, 2.45) is 0 Å². The lowest BCUT2D eigenvalue weighted by molar-refractivity contribution is -0.00000416. The molecule has 122 valence electrons. The van der Waals surface area contributed by atoms with Gasteiger partial charge in [0.25, 0.3) is 0 Å². The van der Waals surface area contributed by atoms with Gasteiger partial charge in [-0.15, -0.1) is 24.8 Å². The first-order chi connectivity index (χ1) is 8.65. The number of hydrogen-bond acceptors (Lipinski definition) is 4. The number of nitrogens with one attached hydrogen (secondary N) is 1. The predicted molar refractivity (Wildman–Crippen MR) is 91.7 cm³/mol. The van der Waals surface area contributed by atoms with Crippen molar-refractivity contribution in [1.82, 2.24) is 9.80 Å². The number of nitrogens with two attached hydrogens (primary N) is 1. The molecule has 2 rings (SSSR count). The van der Waals surface area contributed by atoms with Gasteiger partial charge in [-0.05, 0) is 37.1 Å². The van der Waals surface area contributed by atoms with E-state index in [2.05, 4.69) is 41.5 Å². The van der Waals surface area contributed by atoms with E-state index in [-0.39, 0.29) is 37.2 Å². The zero-order valence-corrected chi connectivity index (χ0v) is 14.8. The van der Waals surface area contributed by atoms with E-state index >= 15 is 0 Å². The van der Waals surface area contributed by atoms with Crippen molar-refractivity contribution in [2.45, 2.75) is 13.3 Å². The maximum absolute atomic E-state index is 5.73. The highest BCUT2D eigenvalue weighted by Crippen LogP contribution is 2.17. The number of anilines is 2. The highest BCUT2D eigenvalue weighted by atomic mass is 35.5. The third-order valence-electron chi connectivity index (χ3n) is 3.12. The molecule has 0 unspecified atom stereocenters. The van der Waals surface area contributed by atoms with Crippen LogP contribution >= 0.6 is 24.8 Å². The monoisotopic (exact) mass is 353 g/mol. The largest absolute Gasteiger partial charge is 1.00 e. The van der Waals surface area contributed by atoms with Crippen LogP contribution in [-0.4, -0.2) is 36.6 Å². The molecular weight excluding hydrogens is 331 g/mol. The summed E-state index contributed by atoms with van der Waals surface area (Å²) in [4.78, 5) is 4.50. The molecule has 0 fully saturated rings. The SMILES string of the molecule is Cc1cc(N)ccc1NCCCN1C=CN(C)C1.Cl.Cl.[Cl-]. The highest BCUT2D eigenvalue weighted by Gasteiger charge is 2.07. The summed E-state index contributed by atoms with van der Waals surface area (Å²) >= 11 is 0. The molecule has 1 aromatic rings. The molecule has 1 aliphatic rings. The summed E-state index contributed by atoms with van der Waals surface area (Å²) in [6.07, 6.45) is 5.38. The molecule has 21 heavy (non-hydrogen) atoms. The van der Waals surface area contributed by atoms with E-state index in [4.69, 9.17) is 5.73 Å². The van der Waals surface area contributed by atoms with Crippen LogP contribution in [0.2, 0.25) is 0 Å². The zero-order valence-electron chi connectivity index (χ0n) is 12.4. The molecule has 0 atom stereocenters. The summed E-state index contributed by atoms with van der Waals surface area (Å²) in [5.74, 6) is 0. The van der Waals surface area contributed by atoms with Gasteiger partial charge in [0.2, 0.25) is 0 Å². The van der Waals surface area contributed by atoms with Crippen LogP contribution < -0.4 is 23.5 Å². The molecule has 0 radical (unpaired) electrons. The second-order valence-corrected chi connectivity index (χ2v) is 4.86. The minimum Gasteiger partial charge on any atom is -1.00 e. The molecule has 0 saturated heterocycles. The standard InChI is InChI=1S/C14H22N4.3ClH/c1-12-10-13(15)4-5-14(12)16-6-3-7-18-9-8-17(2)11-18;;;/h4-5,8-10,16H,3,6-7,11,15H2,1-2H3;3*1H/p-1. The Morgan fingerprint density at radius 1 is 1.24 bits per heavy atom. The molecule has 1 heterocycles. The summed E-state index contributed by atoms with van der Waals surface area (Å²) in [6, 6.07) is 5.99. The lowest BCUT2D eigenvalue weighted by Crippen LogP contribution is -3.00. The van der Waals surface area contributed by atoms with E-state index in [1.54, 1.807) is 0 Å². The van der Waals surface area contributed by atoms with Crippen LogP contribution in [0.5, 0.6) is 0 Å². The fourth-order valence-electron chi connectivity index (χ4n) is 2.12. The molecule has 3 N–H and O–H groups in total. The highest BCUT2D eigenvalue weighted by molar-refractivity contribution is 5.85. The van der Waals surface area contributed by atoms with Crippen LogP contribution in [0, 0.1) is 6.92 Å². The van der Waals surface area contributed by atoms with E-state index in [0.717, 1.165) is 31.9 Å². The normalized spacial score (nSPS) is 12.3. The third-order valence-corrected chi connectivity index (χ3v) is 3.12. The van der Waals surface area contributed by atoms with Crippen LogP contribution in [0.3, 0.4) is 0 Å². The Balaban J connectivity index is 0. The van der Waals surface area contributed by atoms with Crippen molar-refractivity contribution in [3.63, 3.8) is 0 Å². The summed E-state index contributed by atoms with van der Waals surface area (Å²) < 4.78 is 0. The van der Waals surface area contributed by atoms with Gasteiger partial charge in [0.05, 0.1) is 6.67 Å². The number of nitrogens with zero attached hydrogens (tertiary/aromatic N) is 2. The van der Waals surface area contributed by atoms with Crippen molar-refractivity contribution in [3.8, 4) is 0 Å². The van der Waals surface area contributed by atoms with Crippen LogP contribution in [0.25, 0.3) is 0 Å². The van der Waals surface area contributed by atoms with Gasteiger partial charge >= 0.3 is 0 Å². The van der Waals surface area contributed by atoms with Gasteiger partial charge in [-0.25, -0.2) is 0 Å². The Bertz CT molecular complexity index is 440. The quantitative estimate of drug-likeness (QED) is 0.573. The maximum Gasteiger partial charge on any atom is 0.0890 e. The second kappa shape index (κ2) is 10.7. The molecule has 1 aromatic carbocycles. The average Bonchev–Trinajstić information content (AvgIpc) is 2.73. The maximum atomic E-state index is 5.73. The molecule has 0 bridgehead atoms. The van der Waals surface area contributed by atoms with Gasteiger partial charge in [0.1, 0.15) is 0 Å². The molecule has 0 aromatic heterocycles. The van der Waals surface area contributed by atoms with E-state index in [0.29, 0.717) is 0 Å². The van der Waals surface area contributed by atoms with Gasteiger partial charge in [-0.1, -0.05) is 0 Å². The summed E-state index contributed by atoms with van der Waals surface area (Å²) in [5, 5.41) is 3.46. The molecular formula is C14H24Cl3N4-. The topological polar surface area (TPSA) is 44.5 Å². The number of benzene rings is 1. The minimum atomic E-state index is 0. The average molecular weight is 355 g/mol. The fourth-order valence-corrected chi connectivity index (χ4v) is 2.12. The third kappa shape index (κ3) is 7.02. The first kappa shape index (κ1) is 22.3. The molecule has 0 spiro atoms. The zero-order chi connectivity index (χ0) is 13.0. The van der Waals surface area contributed by atoms with Gasteiger partial charge < -0.3 is 33.3 Å². The van der Waals surface area contributed by atoms with Crippen LogP contribution in [0.1, 0.15) is 12.0 Å². The van der Waals surface area contributed by atoms with Crippen molar-refractivity contribution in [3.05, 3.63) is 36.2 Å². The van der Waals surface area contributed by atoms with Crippen LogP contribution in [0.4, 0.5) is 11.4 Å². The molecule has 0 saturated carbocycles. The number of rotatable bonds is 5. The summed E-state index contributed by atoms with van der Waals surface area (Å²) in [7, 11) is 2.09. The van der Waals surface area contributed by atoms with E-state index < -0.39 is 0 Å². The van der Waals surface area contributed by atoms with Gasteiger partial charge in [0.15, 0.2) is 0 Å². The number of halogens is 3. The minimum absolute atomic E-state index is 0. The van der Waals surface area contributed by atoms with Crippen molar-refractivity contribution < 1.29 is 12.4 Å². The predicted octanol–water partition coefficient (Wildman–Crippen LogP) is -0.0971. The Morgan fingerprint density at radius 2 is 1.95 bits per heavy atom. The summed E-state index contributed by atoms with van der Waals surface area (Å²) in [6.45, 7) is 5.15. The Hall–Kier alpha value is -0.970. The van der Waals surface area contributed by atoms with E-state index in [9.17, 15) is 0 Å². The van der Waals surface area contributed by atoms with Crippen molar-refractivity contribution >= 4 is 36.2 Å². The van der Waals surface area contributed by atoms with Crippen molar-refractivity contribution in [1.29, 1.82) is 0 Å². The Morgan fingerprint density at radius 3 is 2.52 bits per heavy atom. The molecule has 1 aliphatic heterocycles. The molecule has 7 heteroatoms. The van der Waals surface area contributed by atoms with Gasteiger partial charge in [-0.3, -0.25) is 0 Å². The Kier molecular flexibility index (Phi) is 11.4. The van der Waals surface area contributed by atoms with Crippen molar-refractivity contribution in [2.75, 3.05) is 37.9 Å². The summed E-state index contributed by atoms with van der Waals surface area (Å²) in [5.41, 5.74) is 8.94. The lowest BCUT2D eigenvalue weighted by Gasteiger charge is -2.18. The number of hydrogen-bond donors (Lipinski definition) is 2. The van der Waals surface area contributed by atoms with E-state index in [1.165, 1.54) is 11.3 Å². The molecule has 0 aliphatic carbocycles. The Labute approximate surface area is 146 Å². The van der Waals surface area contributed by atoms with Crippen LogP contribution in [-0.2, 0) is 0 Å². The molecule has 4 nitrogen and oxygen atoms in total. The van der Waals surface area contributed by atoms with Gasteiger partial charge in [-0.2, -0.15) is 0 Å². The number of nitrogen functional groups attached to an aromatic ring is 1. The van der Waals surface area contributed by atoms with Gasteiger partial charge in [0, 0.05) is 43.9 Å². The molecule has 0 amide bonds.